The lowest BCUT2D eigenvalue weighted by Gasteiger charge is -1.77. The molecule has 0 aliphatic carbocycles. The van der Waals surface area contributed by atoms with Gasteiger partial charge in [0.2, 0.25) is 12.6 Å². The molecule has 0 saturated carbocycles. The maximum absolute atomic E-state index is 9.40. The number of aliphatic imine (C=N–C) groups is 1. The summed E-state index contributed by atoms with van der Waals surface area (Å²) >= 11 is 0. The van der Waals surface area contributed by atoms with Crippen LogP contribution in [0.4, 0.5) is 0 Å². The monoisotopic (exact) mass is 110 g/mol. The Morgan fingerprint density at radius 3 is 3.00 bits per heavy atom. The molecule has 0 rings (SSSR count). The third-order valence-electron chi connectivity index (χ3n) is 0.604. The van der Waals surface area contributed by atoms with E-state index in [2.05, 4.69) is 9.84 Å². The van der Waals surface area contributed by atoms with E-state index >= 15 is 0 Å². The minimum Gasteiger partial charge on any atom is -0.317 e. The van der Waals surface area contributed by atoms with E-state index in [1.165, 1.54) is 6.08 Å². The quantitative estimate of drug-likeness (QED) is 0.227. The smallest absolute Gasteiger partial charge is 0.234 e. The number of carbonyl (C=O) groups excluding carboxylic acids is 1. The summed E-state index contributed by atoms with van der Waals surface area (Å²) in [7, 11) is 0. The Morgan fingerprint density at radius 2 is 2.50 bits per heavy atom. The van der Waals surface area contributed by atoms with Crippen molar-refractivity contribution in [1.82, 2.24) is 0 Å². The maximum Gasteiger partial charge on any atom is 0.234 e. The predicted octanol–water partition coefficient (Wildman–Crippen LogP) is 0.632. The molecule has 0 aromatic rings. The molecule has 8 heavy (non-hydrogen) atoms. The van der Waals surface area contributed by atoms with Crippen LogP contribution in [0.15, 0.2) is 4.99 Å². The van der Waals surface area contributed by atoms with Crippen LogP contribution in [0.1, 0.15) is 6.42 Å². The normalized spacial score (nSPS) is 6.88. The molecule has 42 valence electrons. The standard InChI is InChI=1S/C5H6N2O/c1-6-3-2-4-7-5-8/h2-4H2. The van der Waals surface area contributed by atoms with Gasteiger partial charge < -0.3 is 4.85 Å². The molecule has 0 fully saturated rings. The number of rotatable bonds is 3. The fourth-order valence-corrected chi connectivity index (χ4v) is 0.274. The van der Waals surface area contributed by atoms with E-state index in [-0.39, 0.29) is 0 Å². The van der Waals surface area contributed by atoms with Crippen molar-refractivity contribution in [3.63, 3.8) is 0 Å². The molecule has 0 saturated heterocycles. The highest BCUT2D eigenvalue weighted by molar-refractivity contribution is 5.32. The minimum atomic E-state index is 0.436. The second-order valence-corrected chi connectivity index (χ2v) is 1.21. The lowest BCUT2D eigenvalue weighted by atomic mass is 10.4. The van der Waals surface area contributed by atoms with Crippen LogP contribution < -0.4 is 0 Å². The SMILES string of the molecule is [C-]#[N+]CCCN=C=O. The lowest BCUT2D eigenvalue weighted by molar-refractivity contribution is 0.562. The van der Waals surface area contributed by atoms with Gasteiger partial charge in [-0.2, -0.15) is 0 Å². The highest BCUT2D eigenvalue weighted by Gasteiger charge is 1.82. The largest absolute Gasteiger partial charge is 0.317 e. The van der Waals surface area contributed by atoms with Gasteiger partial charge in [-0.1, -0.05) is 0 Å². The first-order chi connectivity index (χ1) is 3.91. The van der Waals surface area contributed by atoms with Gasteiger partial charge in [-0.15, -0.1) is 0 Å². The van der Waals surface area contributed by atoms with Crippen molar-refractivity contribution in [2.75, 3.05) is 13.1 Å². The first-order valence-corrected chi connectivity index (χ1v) is 2.28. The Kier molecular flexibility index (Phi) is 5.04. The van der Waals surface area contributed by atoms with Gasteiger partial charge in [-0.25, -0.2) is 16.4 Å². The van der Waals surface area contributed by atoms with E-state index in [1.807, 2.05) is 0 Å². The van der Waals surface area contributed by atoms with Gasteiger partial charge in [0.1, 0.15) is 0 Å². The highest BCUT2D eigenvalue weighted by Crippen LogP contribution is 1.79. The summed E-state index contributed by atoms with van der Waals surface area (Å²) in [4.78, 5) is 15.7. The van der Waals surface area contributed by atoms with Gasteiger partial charge in [0.05, 0.1) is 6.54 Å². The van der Waals surface area contributed by atoms with E-state index in [0.29, 0.717) is 19.5 Å². The predicted molar refractivity (Wildman–Crippen MR) is 29.1 cm³/mol. The summed E-state index contributed by atoms with van der Waals surface area (Å²) in [6.07, 6.45) is 2.06. The molecule has 0 spiro atoms. The fourth-order valence-electron chi connectivity index (χ4n) is 0.274. The van der Waals surface area contributed by atoms with E-state index in [0.717, 1.165) is 0 Å². The highest BCUT2D eigenvalue weighted by atomic mass is 16.1. The summed E-state index contributed by atoms with van der Waals surface area (Å²) in [6, 6.07) is 0. The molecule has 0 radical (unpaired) electrons. The van der Waals surface area contributed by atoms with Crippen molar-refractivity contribution in [3.05, 3.63) is 11.4 Å². The Labute approximate surface area is 47.9 Å². The third-order valence-corrected chi connectivity index (χ3v) is 0.604. The van der Waals surface area contributed by atoms with Crippen LogP contribution in [0.3, 0.4) is 0 Å². The van der Waals surface area contributed by atoms with Gasteiger partial charge in [0.15, 0.2) is 0 Å². The average Bonchev–Trinajstić information content (AvgIpc) is 1.81. The molecule has 0 bridgehead atoms. The zero-order chi connectivity index (χ0) is 6.24. The minimum absolute atomic E-state index is 0.436. The second kappa shape index (κ2) is 5.87. The van der Waals surface area contributed by atoms with E-state index < -0.39 is 0 Å². The zero-order valence-electron chi connectivity index (χ0n) is 4.42. The van der Waals surface area contributed by atoms with Crippen molar-refractivity contribution in [2.45, 2.75) is 6.42 Å². The molecule has 3 heteroatoms. The van der Waals surface area contributed by atoms with Gasteiger partial charge in [0.25, 0.3) is 0 Å². The molecule has 0 aromatic carbocycles. The van der Waals surface area contributed by atoms with Crippen molar-refractivity contribution < 1.29 is 4.79 Å². The molecule has 0 aromatic heterocycles. The topological polar surface area (TPSA) is 33.8 Å². The molecular formula is C5H6N2O. The molecule has 0 amide bonds. The molecule has 0 heterocycles. The van der Waals surface area contributed by atoms with Crippen LogP contribution in [-0.2, 0) is 4.79 Å². The van der Waals surface area contributed by atoms with Crippen molar-refractivity contribution in [1.29, 1.82) is 0 Å². The van der Waals surface area contributed by atoms with E-state index in [9.17, 15) is 4.79 Å². The van der Waals surface area contributed by atoms with Crippen LogP contribution in [-0.4, -0.2) is 19.2 Å². The van der Waals surface area contributed by atoms with Crippen molar-refractivity contribution in [3.8, 4) is 0 Å². The fraction of sp³-hybridized carbons (Fsp3) is 0.600. The van der Waals surface area contributed by atoms with Crippen LogP contribution in [0.25, 0.3) is 4.85 Å². The van der Waals surface area contributed by atoms with Crippen molar-refractivity contribution >= 4 is 6.08 Å². The van der Waals surface area contributed by atoms with Crippen LogP contribution in [0, 0.1) is 6.57 Å². The summed E-state index contributed by atoms with van der Waals surface area (Å²) in [5.41, 5.74) is 0. The van der Waals surface area contributed by atoms with Crippen molar-refractivity contribution in [2.24, 2.45) is 4.99 Å². The van der Waals surface area contributed by atoms with Crippen LogP contribution in [0.5, 0.6) is 0 Å². The zero-order valence-corrected chi connectivity index (χ0v) is 4.42. The van der Waals surface area contributed by atoms with Gasteiger partial charge in [-0.05, 0) is 0 Å². The van der Waals surface area contributed by atoms with Gasteiger partial charge in [0, 0.05) is 6.42 Å². The maximum atomic E-state index is 9.40. The molecule has 0 aliphatic rings. The van der Waals surface area contributed by atoms with E-state index in [4.69, 9.17) is 6.57 Å². The third kappa shape index (κ3) is 4.87. The Bertz CT molecular complexity index is 130. The molecule has 0 aliphatic heterocycles. The summed E-state index contributed by atoms with van der Waals surface area (Å²) < 4.78 is 0. The molecular weight excluding hydrogens is 104 g/mol. The molecule has 0 unspecified atom stereocenters. The molecule has 0 atom stereocenters. The van der Waals surface area contributed by atoms with Crippen LogP contribution >= 0.6 is 0 Å². The summed E-state index contributed by atoms with van der Waals surface area (Å²) in [6.45, 7) is 7.21. The van der Waals surface area contributed by atoms with Crippen LogP contribution in [0.2, 0.25) is 0 Å². The first kappa shape index (κ1) is 6.87. The summed E-state index contributed by atoms with van der Waals surface area (Å²) in [5.74, 6) is 0. The number of hydrogen-bond donors (Lipinski definition) is 0. The van der Waals surface area contributed by atoms with E-state index in [1.54, 1.807) is 0 Å². The number of hydrogen-bond acceptors (Lipinski definition) is 2. The first-order valence-electron chi connectivity index (χ1n) is 2.28. The summed E-state index contributed by atoms with van der Waals surface area (Å²) in [5, 5.41) is 0. The Hall–Kier alpha value is -1.13. The molecule has 0 N–H and O–H groups in total. The van der Waals surface area contributed by atoms with Gasteiger partial charge >= 0.3 is 0 Å². The Balaban J connectivity index is 2.96. The van der Waals surface area contributed by atoms with Gasteiger partial charge in [-0.3, -0.25) is 0 Å². The Morgan fingerprint density at radius 1 is 1.75 bits per heavy atom. The molecule has 3 nitrogen and oxygen atoms in total. The number of isocyanates is 1. The number of nitrogens with zero attached hydrogens (tertiary/aromatic N) is 2. The average molecular weight is 110 g/mol. The second-order valence-electron chi connectivity index (χ2n) is 1.21. The lowest BCUT2D eigenvalue weighted by Crippen LogP contribution is -1.81.